The number of aromatic carboxylic acids is 1. The van der Waals surface area contributed by atoms with Crippen LogP contribution >= 0.6 is 0 Å². The molecule has 1 aliphatic heterocycles. The van der Waals surface area contributed by atoms with Crippen molar-refractivity contribution < 1.29 is 33.9 Å². The van der Waals surface area contributed by atoms with Gasteiger partial charge in [-0.25, -0.2) is 9.59 Å². The number of carboxylic acids is 1. The molecule has 0 bridgehead atoms. The number of hydrogen-bond donors (Lipinski definition) is 4. The van der Waals surface area contributed by atoms with E-state index in [1.54, 1.807) is 61.2 Å². The zero-order valence-electron chi connectivity index (χ0n) is 25.1. The van der Waals surface area contributed by atoms with E-state index in [0.717, 1.165) is 5.56 Å². The lowest BCUT2D eigenvalue weighted by Gasteiger charge is -2.34. The number of urea groups is 1. The minimum absolute atomic E-state index is 0.0336. The molecule has 1 aliphatic rings. The summed E-state index contributed by atoms with van der Waals surface area (Å²) in [6.45, 7) is 8.57. The largest absolute Gasteiger partial charge is 0.488 e. The number of hydrogen-bond acceptors (Lipinski definition) is 8. The second-order valence-corrected chi connectivity index (χ2v) is 11.2. The predicted octanol–water partition coefficient (Wildman–Crippen LogP) is 3.91. The number of rotatable bonds is 9. The van der Waals surface area contributed by atoms with Crippen LogP contribution in [0.1, 0.15) is 46.8 Å². The molecule has 3 atom stereocenters. The molecule has 1 aromatic heterocycles. The number of fused-ring (bicyclic) bond motifs is 1. The van der Waals surface area contributed by atoms with Crippen LogP contribution in [-0.4, -0.2) is 82.0 Å². The van der Waals surface area contributed by atoms with Gasteiger partial charge >= 0.3 is 12.0 Å². The Hall–Kier alpha value is -4.42. The van der Waals surface area contributed by atoms with Crippen LogP contribution in [0.3, 0.4) is 0 Å². The maximum Gasteiger partial charge on any atom is 0.335 e. The molecule has 12 heteroatoms. The van der Waals surface area contributed by atoms with Gasteiger partial charge in [0.2, 0.25) is 5.91 Å². The molecule has 2 heterocycles. The number of aromatic nitrogens is 1. The van der Waals surface area contributed by atoms with Crippen molar-refractivity contribution in [2.75, 3.05) is 37.4 Å². The molecule has 230 valence electrons. The first-order chi connectivity index (χ1) is 20.4. The molecule has 43 heavy (non-hydrogen) atoms. The molecule has 0 unspecified atom stereocenters. The zero-order valence-corrected chi connectivity index (χ0v) is 25.1. The Labute approximate surface area is 250 Å². The van der Waals surface area contributed by atoms with Crippen molar-refractivity contribution in [3.8, 4) is 5.75 Å². The number of anilines is 2. The molecule has 4 N–H and O–H groups in total. The van der Waals surface area contributed by atoms with Crippen LogP contribution in [0.2, 0.25) is 0 Å². The summed E-state index contributed by atoms with van der Waals surface area (Å²) in [6.07, 6.45) is -0.283. The molecular formula is C31H39N5O7. The van der Waals surface area contributed by atoms with E-state index in [1.807, 2.05) is 20.9 Å². The van der Waals surface area contributed by atoms with Gasteiger partial charge in [-0.05, 0) is 63.7 Å². The van der Waals surface area contributed by atoms with Gasteiger partial charge in [-0.3, -0.25) is 9.69 Å². The van der Waals surface area contributed by atoms with Crippen LogP contribution in [0.15, 0.2) is 47.0 Å². The van der Waals surface area contributed by atoms with Crippen molar-refractivity contribution in [2.45, 2.75) is 52.8 Å². The average Bonchev–Trinajstić information content (AvgIpc) is 3.29. The quantitative estimate of drug-likeness (QED) is 0.289. The number of carbonyl (C=O) groups excluding carboxylic acids is 2. The van der Waals surface area contributed by atoms with Crippen LogP contribution in [0, 0.1) is 19.8 Å². The van der Waals surface area contributed by atoms with Crippen LogP contribution in [-0.2, 0) is 17.8 Å². The number of carboxylic acid groups (broad SMARTS) is 1. The predicted molar refractivity (Wildman–Crippen MR) is 160 cm³/mol. The van der Waals surface area contributed by atoms with Crippen molar-refractivity contribution in [2.24, 2.45) is 5.92 Å². The Balaban J connectivity index is 1.55. The van der Waals surface area contributed by atoms with E-state index in [9.17, 15) is 24.6 Å². The molecule has 0 spiro atoms. The smallest absolute Gasteiger partial charge is 0.335 e. The summed E-state index contributed by atoms with van der Waals surface area (Å²) in [7, 11) is 1.96. The minimum Gasteiger partial charge on any atom is -0.488 e. The first-order valence-corrected chi connectivity index (χ1v) is 14.2. The zero-order chi connectivity index (χ0) is 31.3. The van der Waals surface area contributed by atoms with Crippen molar-refractivity contribution in [1.82, 2.24) is 15.0 Å². The highest BCUT2D eigenvalue weighted by atomic mass is 16.5. The molecule has 3 amide bonds. The Bertz CT molecular complexity index is 1440. The fourth-order valence-corrected chi connectivity index (χ4v) is 5.10. The van der Waals surface area contributed by atoms with Gasteiger partial charge in [-0.15, -0.1) is 0 Å². The van der Waals surface area contributed by atoms with Crippen LogP contribution in [0.4, 0.5) is 16.2 Å². The van der Waals surface area contributed by atoms with Crippen LogP contribution in [0.5, 0.6) is 5.75 Å². The number of likely N-dealkylation sites (N-methyl/N-ethyl adjacent to an activating group) is 1. The number of nitrogens with zero attached hydrogens (tertiary/aromatic N) is 3. The molecule has 3 aromatic rings. The summed E-state index contributed by atoms with van der Waals surface area (Å²) in [5.41, 5.74) is 3.33. The lowest BCUT2D eigenvalue weighted by molar-refractivity contribution is -0.134. The third-order valence-corrected chi connectivity index (χ3v) is 7.59. The van der Waals surface area contributed by atoms with Crippen molar-refractivity contribution in [3.63, 3.8) is 0 Å². The van der Waals surface area contributed by atoms with E-state index in [4.69, 9.17) is 9.26 Å². The van der Waals surface area contributed by atoms with Gasteiger partial charge in [0.25, 0.3) is 0 Å². The van der Waals surface area contributed by atoms with Crippen LogP contribution in [0.25, 0.3) is 0 Å². The highest BCUT2D eigenvalue weighted by Gasteiger charge is 2.31. The van der Waals surface area contributed by atoms with E-state index >= 15 is 0 Å². The van der Waals surface area contributed by atoms with E-state index in [-0.39, 0.29) is 42.6 Å². The molecule has 0 fully saturated rings. The topological polar surface area (TPSA) is 157 Å². The van der Waals surface area contributed by atoms with Gasteiger partial charge in [-0.1, -0.05) is 24.2 Å². The summed E-state index contributed by atoms with van der Waals surface area (Å²) >= 11 is 0. The SMILES string of the molecule is Cc1noc(C)c1NC(=O)Nc1ccc2c(c1)CC(=O)N([C@H](C)CO)C[C@H](C)[C@@H](CN(C)Cc1ccc(C(=O)O)cc1)O2. The fourth-order valence-electron chi connectivity index (χ4n) is 5.10. The molecule has 12 nitrogen and oxygen atoms in total. The maximum atomic E-state index is 13.5. The fraction of sp³-hybridized carbons (Fsp3) is 0.419. The second-order valence-electron chi connectivity index (χ2n) is 11.2. The van der Waals surface area contributed by atoms with Gasteiger partial charge < -0.3 is 35.0 Å². The number of nitrogens with one attached hydrogen (secondary N) is 2. The van der Waals surface area contributed by atoms with Gasteiger partial charge in [-0.2, -0.15) is 0 Å². The van der Waals surface area contributed by atoms with E-state index < -0.39 is 12.0 Å². The molecule has 0 radical (unpaired) electrons. The summed E-state index contributed by atoms with van der Waals surface area (Å²) < 4.78 is 11.7. The van der Waals surface area contributed by atoms with Gasteiger partial charge in [0, 0.05) is 36.8 Å². The summed E-state index contributed by atoms with van der Waals surface area (Å²) in [5.74, 6) is -0.175. The normalized spacial score (nSPS) is 17.7. The average molecular weight is 594 g/mol. The number of aryl methyl sites for hydroxylation is 2. The highest BCUT2D eigenvalue weighted by Crippen LogP contribution is 2.30. The molecule has 4 rings (SSSR count). The number of aliphatic hydroxyl groups excluding tert-OH is 1. The minimum atomic E-state index is -0.970. The van der Waals surface area contributed by atoms with Gasteiger partial charge in [0.1, 0.15) is 23.2 Å². The van der Waals surface area contributed by atoms with E-state index in [1.165, 1.54) is 0 Å². The number of aliphatic hydroxyl groups is 1. The first kappa shape index (κ1) is 31.5. The Kier molecular flexibility index (Phi) is 10.0. The Morgan fingerprint density at radius 2 is 1.88 bits per heavy atom. The molecular weight excluding hydrogens is 554 g/mol. The van der Waals surface area contributed by atoms with E-state index in [0.29, 0.717) is 53.8 Å². The van der Waals surface area contributed by atoms with Gasteiger partial charge in [0.05, 0.1) is 24.6 Å². The first-order valence-electron chi connectivity index (χ1n) is 14.2. The highest BCUT2D eigenvalue weighted by molar-refractivity contribution is 6.00. The number of ether oxygens (including phenoxy) is 1. The third-order valence-electron chi connectivity index (χ3n) is 7.59. The lowest BCUT2D eigenvalue weighted by Crippen LogP contribution is -2.47. The standard InChI is InChI=1S/C31H39N5O7/c1-18-14-36(19(2)17-37)28(38)13-24-12-25(32-31(41)33-29-20(3)34-43-21(29)4)10-11-26(24)42-27(18)16-35(5)15-22-6-8-23(9-7-22)30(39)40/h6-12,18-19,27,37H,13-17H2,1-5H3,(H,39,40)(H2,32,33,41)/t18-,19+,27+/m0/s1. The third kappa shape index (κ3) is 7.90. The summed E-state index contributed by atoms with van der Waals surface area (Å²) in [6, 6.07) is 11.1. The number of amides is 3. The lowest BCUT2D eigenvalue weighted by atomic mass is 10.0. The second kappa shape index (κ2) is 13.7. The molecule has 0 saturated carbocycles. The van der Waals surface area contributed by atoms with Crippen molar-refractivity contribution >= 4 is 29.3 Å². The van der Waals surface area contributed by atoms with Crippen molar-refractivity contribution in [3.05, 3.63) is 70.6 Å². The summed E-state index contributed by atoms with van der Waals surface area (Å²) in [5, 5.41) is 28.5. The Morgan fingerprint density at radius 3 is 2.51 bits per heavy atom. The molecule has 0 saturated heterocycles. The Morgan fingerprint density at radius 1 is 1.16 bits per heavy atom. The maximum absolute atomic E-state index is 13.5. The number of benzene rings is 2. The van der Waals surface area contributed by atoms with E-state index in [2.05, 4.69) is 20.7 Å². The molecule has 0 aliphatic carbocycles. The van der Waals surface area contributed by atoms with Crippen molar-refractivity contribution in [1.29, 1.82) is 0 Å². The monoisotopic (exact) mass is 593 g/mol. The number of carbonyl (C=O) groups is 3. The molecule has 2 aromatic carbocycles. The van der Waals surface area contributed by atoms with Gasteiger partial charge in [0.15, 0.2) is 5.76 Å². The summed E-state index contributed by atoms with van der Waals surface area (Å²) in [4.78, 5) is 41.2. The van der Waals surface area contributed by atoms with Crippen LogP contribution < -0.4 is 15.4 Å².